The van der Waals surface area contributed by atoms with Crippen LogP contribution in [0.5, 0.6) is 5.75 Å². The van der Waals surface area contributed by atoms with Crippen molar-refractivity contribution in [3.05, 3.63) is 63.1 Å². The number of nitrogens with two attached hydrogens (primary N) is 1. The monoisotopic (exact) mass is 347 g/mol. The minimum absolute atomic E-state index is 0.146. The highest BCUT2D eigenvalue weighted by molar-refractivity contribution is 9.10. The summed E-state index contributed by atoms with van der Waals surface area (Å²) < 4.78 is 6.87. The lowest BCUT2D eigenvalue weighted by molar-refractivity contribution is 0.242. The van der Waals surface area contributed by atoms with Crippen molar-refractivity contribution in [2.75, 3.05) is 0 Å². The molecule has 0 aliphatic rings. The highest BCUT2D eigenvalue weighted by Gasteiger charge is 2.14. The Balaban J connectivity index is 2.36. The summed E-state index contributed by atoms with van der Waals surface area (Å²) >= 11 is 3.56. The molecule has 112 valence electrons. The van der Waals surface area contributed by atoms with Crippen LogP contribution in [0.2, 0.25) is 0 Å². The molecule has 0 radical (unpaired) electrons. The second-order valence-corrected chi connectivity index (χ2v) is 6.53. The Bertz CT molecular complexity index is 637. The van der Waals surface area contributed by atoms with Crippen LogP contribution in [0, 0.1) is 13.8 Å². The van der Waals surface area contributed by atoms with E-state index >= 15 is 0 Å². The van der Waals surface area contributed by atoms with Gasteiger partial charge in [0.05, 0.1) is 12.1 Å². The number of halogens is 1. The first-order valence-corrected chi connectivity index (χ1v) is 7.96. The SMILES string of the molecule is Cc1cc(C(N)c2cccc(OC(C)C)c2)c(C)cc1Br. The van der Waals surface area contributed by atoms with E-state index in [1.54, 1.807) is 0 Å². The van der Waals surface area contributed by atoms with E-state index < -0.39 is 0 Å². The summed E-state index contributed by atoms with van der Waals surface area (Å²) in [6.45, 7) is 8.22. The zero-order chi connectivity index (χ0) is 15.6. The fourth-order valence-electron chi connectivity index (χ4n) is 2.37. The van der Waals surface area contributed by atoms with Crippen LogP contribution in [-0.4, -0.2) is 6.10 Å². The van der Waals surface area contributed by atoms with Gasteiger partial charge in [-0.3, -0.25) is 0 Å². The molecule has 0 amide bonds. The van der Waals surface area contributed by atoms with E-state index in [-0.39, 0.29) is 12.1 Å². The average molecular weight is 348 g/mol. The zero-order valence-corrected chi connectivity index (χ0v) is 14.6. The highest BCUT2D eigenvalue weighted by Crippen LogP contribution is 2.29. The van der Waals surface area contributed by atoms with Crippen molar-refractivity contribution in [3.8, 4) is 5.75 Å². The van der Waals surface area contributed by atoms with Crippen molar-refractivity contribution in [1.82, 2.24) is 0 Å². The Morgan fingerprint density at radius 2 is 1.76 bits per heavy atom. The van der Waals surface area contributed by atoms with Crippen LogP contribution in [-0.2, 0) is 0 Å². The van der Waals surface area contributed by atoms with Gasteiger partial charge in [0.1, 0.15) is 5.75 Å². The zero-order valence-electron chi connectivity index (χ0n) is 13.0. The fraction of sp³-hybridized carbons (Fsp3) is 0.333. The van der Waals surface area contributed by atoms with Crippen molar-refractivity contribution in [2.45, 2.75) is 39.8 Å². The van der Waals surface area contributed by atoms with Crippen LogP contribution in [0.4, 0.5) is 0 Å². The molecule has 0 aromatic heterocycles. The van der Waals surface area contributed by atoms with E-state index in [1.165, 1.54) is 11.1 Å². The molecule has 0 aliphatic carbocycles. The van der Waals surface area contributed by atoms with E-state index in [1.807, 2.05) is 32.0 Å². The number of hydrogen-bond donors (Lipinski definition) is 1. The molecule has 3 heteroatoms. The lowest BCUT2D eigenvalue weighted by Crippen LogP contribution is -2.14. The molecule has 0 fully saturated rings. The van der Waals surface area contributed by atoms with Gasteiger partial charge in [-0.1, -0.05) is 34.1 Å². The smallest absolute Gasteiger partial charge is 0.120 e. The maximum absolute atomic E-state index is 6.46. The van der Waals surface area contributed by atoms with Gasteiger partial charge in [0.25, 0.3) is 0 Å². The third-order valence-electron chi connectivity index (χ3n) is 3.47. The van der Waals surface area contributed by atoms with Crippen LogP contribution in [0.25, 0.3) is 0 Å². The molecule has 2 nitrogen and oxygen atoms in total. The average Bonchev–Trinajstić information content (AvgIpc) is 2.41. The lowest BCUT2D eigenvalue weighted by Gasteiger charge is -2.18. The van der Waals surface area contributed by atoms with Gasteiger partial charge in [-0.15, -0.1) is 0 Å². The number of aryl methyl sites for hydroxylation is 2. The highest BCUT2D eigenvalue weighted by atomic mass is 79.9. The summed E-state index contributed by atoms with van der Waals surface area (Å²) in [6.07, 6.45) is 0.160. The lowest BCUT2D eigenvalue weighted by atomic mass is 9.94. The number of hydrogen-bond acceptors (Lipinski definition) is 2. The third kappa shape index (κ3) is 3.86. The van der Waals surface area contributed by atoms with Crippen molar-refractivity contribution in [2.24, 2.45) is 5.73 Å². The van der Waals surface area contributed by atoms with Gasteiger partial charge in [0.2, 0.25) is 0 Å². The molecule has 0 saturated heterocycles. The molecule has 0 heterocycles. The van der Waals surface area contributed by atoms with Gasteiger partial charge < -0.3 is 10.5 Å². The van der Waals surface area contributed by atoms with Crippen molar-refractivity contribution in [1.29, 1.82) is 0 Å². The number of rotatable bonds is 4. The van der Waals surface area contributed by atoms with Gasteiger partial charge in [-0.2, -0.15) is 0 Å². The van der Waals surface area contributed by atoms with Gasteiger partial charge in [0, 0.05) is 4.47 Å². The van der Waals surface area contributed by atoms with Crippen LogP contribution >= 0.6 is 15.9 Å². The topological polar surface area (TPSA) is 35.2 Å². The van der Waals surface area contributed by atoms with Crippen molar-refractivity contribution < 1.29 is 4.74 Å². The molecule has 2 aromatic carbocycles. The maximum atomic E-state index is 6.46. The van der Waals surface area contributed by atoms with E-state index in [0.717, 1.165) is 21.3 Å². The van der Waals surface area contributed by atoms with Crippen molar-refractivity contribution >= 4 is 15.9 Å². The Kier molecular flexibility index (Phi) is 5.07. The maximum Gasteiger partial charge on any atom is 0.120 e. The van der Waals surface area contributed by atoms with Gasteiger partial charge in [0.15, 0.2) is 0 Å². The predicted molar refractivity (Wildman–Crippen MR) is 91.9 cm³/mol. The molecule has 0 spiro atoms. The Morgan fingerprint density at radius 1 is 1.05 bits per heavy atom. The predicted octanol–water partition coefficient (Wildman–Crippen LogP) is 4.90. The Labute approximate surface area is 135 Å². The molecule has 0 bridgehead atoms. The summed E-state index contributed by atoms with van der Waals surface area (Å²) in [5, 5.41) is 0. The van der Waals surface area contributed by atoms with E-state index in [0.29, 0.717) is 0 Å². The van der Waals surface area contributed by atoms with E-state index in [4.69, 9.17) is 10.5 Å². The number of ether oxygens (including phenoxy) is 1. The Morgan fingerprint density at radius 3 is 2.43 bits per heavy atom. The van der Waals surface area contributed by atoms with Gasteiger partial charge >= 0.3 is 0 Å². The van der Waals surface area contributed by atoms with E-state index in [2.05, 4.69) is 48.0 Å². The molecular weight excluding hydrogens is 326 g/mol. The molecule has 2 rings (SSSR count). The summed E-state index contributed by atoms with van der Waals surface area (Å²) in [4.78, 5) is 0. The second kappa shape index (κ2) is 6.63. The summed E-state index contributed by atoms with van der Waals surface area (Å²) in [7, 11) is 0. The standard InChI is InChI=1S/C18H22BrNO/c1-11(2)21-15-7-5-6-14(10-15)18(20)16-8-13(4)17(19)9-12(16)3/h5-11,18H,20H2,1-4H3. The molecule has 2 N–H and O–H groups in total. The third-order valence-corrected chi connectivity index (χ3v) is 4.33. The van der Waals surface area contributed by atoms with Crippen LogP contribution < -0.4 is 10.5 Å². The minimum atomic E-state index is -0.146. The first-order chi connectivity index (χ1) is 9.88. The first-order valence-electron chi connectivity index (χ1n) is 7.17. The van der Waals surface area contributed by atoms with Crippen LogP contribution in [0.15, 0.2) is 40.9 Å². The first kappa shape index (κ1) is 16.1. The van der Waals surface area contributed by atoms with Gasteiger partial charge in [-0.05, 0) is 68.1 Å². The second-order valence-electron chi connectivity index (χ2n) is 5.67. The molecule has 21 heavy (non-hydrogen) atoms. The Hall–Kier alpha value is -1.32. The number of benzene rings is 2. The van der Waals surface area contributed by atoms with Gasteiger partial charge in [-0.25, -0.2) is 0 Å². The molecule has 1 unspecified atom stereocenters. The minimum Gasteiger partial charge on any atom is -0.491 e. The summed E-state index contributed by atoms with van der Waals surface area (Å²) in [6, 6.07) is 12.2. The molecule has 0 aliphatic heterocycles. The summed E-state index contributed by atoms with van der Waals surface area (Å²) in [5.74, 6) is 0.865. The van der Waals surface area contributed by atoms with Crippen molar-refractivity contribution in [3.63, 3.8) is 0 Å². The fourth-order valence-corrected chi connectivity index (χ4v) is 2.83. The largest absolute Gasteiger partial charge is 0.491 e. The molecule has 1 atom stereocenters. The quantitative estimate of drug-likeness (QED) is 0.853. The van der Waals surface area contributed by atoms with E-state index in [9.17, 15) is 0 Å². The molecular formula is C18H22BrNO. The summed E-state index contributed by atoms with van der Waals surface area (Å²) in [5.41, 5.74) is 11.1. The normalized spacial score (nSPS) is 12.5. The van der Waals surface area contributed by atoms with Crippen LogP contribution in [0.3, 0.4) is 0 Å². The van der Waals surface area contributed by atoms with Crippen LogP contribution in [0.1, 0.15) is 42.1 Å². The molecule has 2 aromatic rings. The molecule has 0 saturated carbocycles.